The number of rotatable bonds is 8. The molecule has 3 N–H and O–H groups in total. The number of anilines is 2. The molecule has 2 aliphatic heterocycles. The molecule has 4 aromatic rings. The maximum atomic E-state index is 14.3. The Labute approximate surface area is 287 Å². The van der Waals surface area contributed by atoms with Crippen molar-refractivity contribution in [2.24, 2.45) is 0 Å². The molecular weight excluding hydrogens is 690 g/mol. The molecule has 258 valence electrons. The highest BCUT2D eigenvalue weighted by molar-refractivity contribution is 6.35. The number of alkyl halides is 3. The second kappa shape index (κ2) is 12.9. The number of imidazole rings is 1. The van der Waals surface area contributed by atoms with Crippen LogP contribution in [0, 0.1) is 0 Å². The number of fused-ring (bicyclic) bond motifs is 1. The third kappa shape index (κ3) is 6.90. The number of piperidine rings is 1. The monoisotopic (exact) mass is 719 g/mol. The highest BCUT2D eigenvalue weighted by Gasteiger charge is 2.51. The highest BCUT2D eigenvalue weighted by Crippen LogP contribution is 2.43. The van der Waals surface area contributed by atoms with Gasteiger partial charge in [-0.15, -0.1) is 13.2 Å². The number of hydrogen-bond donors (Lipinski definition) is 3. The van der Waals surface area contributed by atoms with E-state index in [-0.39, 0.29) is 51.2 Å². The van der Waals surface area contributed by atoms with Crippen molar-refractivity contribution in [2.75, 3.05) is 18.0 Å². The van der Waals surface area contributed by atoms with Crippen LogP contribution in [0.3, 0.4) is 0 Å². The molecule has 2 aromatic heterocycles. The van der Waals surface area contributed by atoms with Crippen molar-refractivity contribution < 1.29 is 32.3 Å². The Hall–Kier alpha value is -4.76. The number of carbonyl (C=O) groups is 3. The van der Waals surface area contributed by atoms with Crippen molar-refractivity contribution in [2.45, 2.75) is 57.0 Å². The smallest absolute Gasteiger partial charge is 0.406 e. The van der Waals surface area contributed by atoms with Crippen LogP contribution >= 0.6 is 23.2 Å². The fraction of sp³-hybridized carbons (Fsp3) is 0.344. The number of benzene rings is 2. The number of nitrogens with one attached hydrogen (secondary N) is 3. The van der Waals surface area contributed by atoms with E-state index in [4.69, 9.17) is 23.2 Å². The first-order valence-corrected chi connectivity index (χ1v) is 16.0. The van der Waals surface area contributed by atoms with Gasteiger partial charge in [0.05, 0.1) is 11.9 Å². The molecule has 17 heteroatoms. The van der Waals surface area contributed by atoms with Crippen molar-refractivity contribution in [3.05, 3.63) is 92.1 Å². The fourth-order valence-corrected chi connectivity index (χ4v) is 6.96. The van der Waals surface area contributed by atoms with Crippen LogP contribution in [0.5, 0.6) is 5.75 Å². The van der Waals surface area contributed by atoms with Crippen LogP contribution in [-0.4, -0.2) is 67.9 Å². The molecule has 0 aliphatic carbocycles. The van der Waals surface area contributed by atoms with Gasteiger partial charge in [0, 0.05) is 47.2 Å². The van der Waals surface area contributed by atoms with Gasteiger partial charge in [0.25, 0.3) is 17.4 Å². The van der Waals surface area contributed by atoms with Crippen LogP contribution in [0.1, 0.15) is 54.4 Å². The van der Waals surface area contributed by atoms with Crippen molar-refractivity contribution in [1.82, 2.24) is 30.0 Å². The molecule has 0 spiro atoms. The Kier molecular flexibility index (Phi) is 9.00. The normalized spacial score (nSPS) is 19.9. The minimum absolute atomic E-state index is 0.0282. The third-order valence-corrected chi connectivity index (χ3v) is 9.09. The maximum absolute atomic E-state index is 14.3. The van der Waals surface area contributed by atoms with Crippen molar-refractivity contribution in [1.29, 1.82) is 0 Å². The number of likely N-dealkylation sites (tertiary alicyclic amines) is 1. The fourth-order valence-electron chi connectivity index (χ4n) is 6.44. The summed E-state index contributed by atoms with van der Waals surface area (Å²) in [6.45, 7) is 3.96. The van der Waals surface area contributed by atoms with E-state index in [1.54, 1.807) is 18.7 Å². The average molecular weight is 721 g/mol. The van der Waals surface area contributed by atoms with Crippen LogP contribution in [0.2, 0.25) is 10.0 Å². The van der Waals surface area contributed by atoms with Gasteiger partial charge < -0.3 is 20.1 Å². The maximum Gasteiger partial charge on any atom is 0.573 e. The summed E-state index contributed by atoms with van der Waals surface area (Å²) >= 11 is 12.5. The molecule has 12 nitrogen and oxygen atoms in total. The van der Waals surface area contributed by atoms with E-state index in [1.165, 1.54) is 52.1 Å². The highest BCUT2D eigenvalue weighted by atomic mass is 35.5. The van der Waals surface area contributed by atoms with Crippen LogP contribution in [0.25, 0.3) is 0 Å². The number of nitrogens with zero attached hydrogens (tertiary/aromatic N) is 4. The number of H-pyrrole nitrogens is 2. The number of aromatic nitrogens is 4. The third-order valence-electron chi connectivity index (χ3n) is 8.65. The van der Waals surface area contributed by atoms with E-state index in [1.807, 2.05) is 0 Å². The first kappa shape index (κ1) is 34.1. The van der Waals surface area contributed by atoms with Gasteiger partial charge in [-0.25, -0.2) is 9.88 Å². The lowest BCUT2D eigenvalue weighted by Gasteiger charge is -2.34. The number of amides is 3. The van der Waals surface area contributed by atoms with Crippen molar-refractivity contribution >= 4 is 52.6 Å². The lowest BCUT2D eigenvalue weighted by atomic mass is 9.91. The summed E-state index contributed by atoms with van der Waals surface area (Å²) in [5, 5.41) is 8.59. The zero-order valence-corrected chi connectivity index (χ0v) is 27.6. The molecule has 3 atom stereocenters. The zero-order valence-electron chi connectivity index (χ0n) is 26.1. The topological polar surface area (TPSA) is 145 Å². The predicted octanol–water partition coefficient (Wildman–Crippen LogP) is 5.27. The van der Waals surface area contributed by atoms with Crippen molar-refractivity contribution in [3.8, 4) is 5.75 Å². The molecule has 1 saturated heterocycles. The van der Waals surface area contributed by atoms with E-state index >= 15 is 0 Å². The lowest BCUT2D eigenvalue weighted by Crippen LogP contribution is -2.50. The van der Waals surface area contributed by atoms with Gasteiger partial charge in [0.2, 0.25) is 11.9 Å². The van der Waals surface area contributed by atoms with E-state index in [2.05, 4.69) is 25.2 Å². The molecule has 1 fully saturated rings. The molecular formula is C32H30Cl2F3N7O5. The summed E-state index contributed by atoms with van der Waals surface area (Å²) in [6.07, 6.45) is -2.17. The molecule has 6 rings (SSSR count). The van der Waals surface area contributed by atoms with E-state index in [9.17, 15) is 32.3 Å². The second-order valence-corrected chi connectivity index (χ2v) is 13.1. The number of aromatic amines is 2. The van der Waals surface area contributed by atoms with Gasteiger partial charge in [-0.1, -0.05) is 35.3 Å². The molecule has 0 saturated carbocycles. The molecule has 2 unspecified atom stereocenters. The van der Waals surface area contributed by atoms with E-state index in [0.717, 1.165) is 18.6 Å². The summed E-state index contributed by atoms with van der Waals surface area (Å²) in [6, 6.07) is 10.1. The number of halogens is 5. The zero-order chi connectivity index (χ0) is 35.2. The number of ether oxygens (including phenoxy) is 1. The molecule has 2 aromatic carbocycles. The molecule has 3 amide bonds. The van der Waals surface area contributed by atoms with Gasteiger partial charge in [0.1, 0.15) is 23.0 Å². The number of hydrogen-bond acceptors (Lipinski definition) is 6. The minimum Gasteiger partial charge on any atom is -0.406 e. The Bertz CT molecular complexity index is 1960. The number of carbonyl (C=O) groups excluding carboxylic acids is 3. The van der Waals surface area contributed by atoms with Gasteiger partial charge in [-0.05, 0) is 62.6 Å². The van der Waals surface area contributed by atoms with E-state index < -0.39 is 35.5 Å². The molecule has 49 heavy (non-hydrogen) atoms. The standard InChI is InChI=1S/C32H30Cl2F3N7O5/c1-17(28(47)42-9-3-4-19(16-42)24-13-26(45)41-40-24)39-27(46)25-15-38-30-43(22-11-20(33)10-21(34)12-22)29(48)31(2,44(25)30)14-18-5-7-23(8-6-18)49-32(35,36)37/h5-8,10-13,15,17,19H,3-4,9,14,16H2,1-2H3,(H,39,46)(H2,40,41,45)/t17?,19?,31-/m1/s1. The summed E-state index contributed by atoms with van der Waals surface area (Å²) < 4.78 is 43.7. The Balaban J connectivity index is 1.29. The second-order valence-electron chi connectivity index (χ2n) is 12.2. The summed E-state index contributed by atoms with van der Waals surface area (Å²) in [5.74, 6) is -1.95. The van der Waals surface area contributed by atoms with Gasteiger partial charge in [-0.2, -0.15) is 0 Å². The van der Waals surface area contributed by atoms with Crippen LogP contribution in [0.15, 0.2) is 59.5 Å². The summed E-state index contributed by atoms with van der Waals surface area (Å²) in [5.41, 5.74) is -0.353. The summed E-state index contributed by atoms with van der Waals surface area (Å²) in [7, 11) is 0. The average Bonchev–Trinajstić information content (AvgIpc) is 3.72. The van der Waals surface area contributed by atoms with Crippen LogP contribution in [0.4, 0.5) is 24.8 Å². The Morgan fingerprint density at radius 1 is 1.10 bits per heavy atom. The van der Waals surface area contributed by atoms with Crippen molar-refractivity contribution in [3.63, 3.8) is 0 Å². The largest absolute Gasteiger partial charge is 0.573 e. The Morgan fingerprint density at radius 2 is 1.80 bits per heavy atom. The SMILES string of the molecule is CC(NC(=O)c1cnc2n1[C@](C)(Cc1ccc(OC(F)(F)F)cc1)C(=O)N2c1cc(Cl)cc(Cl)c1)C(=O)N1CCCC(c2cc(=O)[nH][nH]2)C1. The minimum atomic E-state index is -4.88. The quantitative estimate of drug-likeness (QED) is 0.226. The molecule has 0 bridgehead atoms. The summed E-state index contributed by atoms with van der Waals surface area (Å²) in [4.78, 5) is 60.6. The molecule has 4 heterocycles. The molecule has 0 radical (unpaired) electrons. The first-order valence-electron chi connectivity index (χ1n) is 15.2. The van der Waals surface area contributed by atoms with Crippen LogP contribution in [-0.2, 0) is 21.5 Å². The van der Waals surface area contributed by atoms with Gasteiger partial charge >= 0.3 is 6.36 Å². The predicted molar refractivity (Wildman–Crippen MR) is 173 cm³/mol. The first-order chi connectivity index (χ1) is 23.1. The van der Waals surface area contributed by atoms with Gasteiger partial charge in [0.15, 0.2) is 0 Å². The van der Waals surface area contributed by atoms with E-state index in [0.29, 0.717) is 30.8 Å². The Morgan fingerprint density at radius 3 is 2.43 bits per heavy atom. The molecule has 2 aliphatic rings. The lowest BCUT2D eigenvalue weighted by molar-refractivity contribution is -0.274. The van der Waals surface area contributed by atoms with Gasteiger partial charge in [-0.3, -0.25) is 28.8 Å². The van der Waals surface area contributed by atoms with Crippen LogP contribution < -0.4 is 20.5 Å².